The van der Waals surface area contributed by atoms with Crippen molar-refractivity contribution in [3.8, 4) is 0 Å². The zero-order valence-corrected chi connectivity index (χ0v) is 33.6. The Bertz CT molecular complexity index is 2140. The smallest absolute Gasteiger partial charge is 0.328 e. The highest BCUT2D eigenvalue weighted by Crippen LogP contribution is 2.20. The zero-order valence-electron chi connectivity index (χ0n) is 31.2. The van der Waals surface area contributed by atoms with Crippen LogP contribution in [0, 0.1) is 5.41 Å². The number of nitrogens with two attached hydrogens (primary N) is 1. The summed E-state index contributed by atoms with van der Waals surface area (Å²) >= 11 is 11.7. The Kier molecular flexibility index (Phi) is 16.9. The van der Waals surface area contributed by atoms with Crippen LogP contribution in [-0.4, -0.2) is 84.1 Å². The number of anilines is 4. The van der Waals surface area contributed by atoms with Gasteiger partial charge >= 0.3 is 5.69 Å². The number of nitrogens with zero attached hydrogens (tertiary/aromatic N) is 5. The van der Waals surface area contributed by atoms with Crippen LogP contribution in [0.3, 0.4) is 0 Å². The van der Waals surface area contributed by atoms with Crippen molar-refractivity contribution >= 4 is 87.8 Å². The summed E-state index contributed by atoms with van der Waals surface area (Å²) in [6, 6.07) is 4.59. The molecule has 0 saturated heterocycles. The fraction of sp³-hybridized carbons (Fsp3) is 0.400. The first-order valence-electron chi connectivity index (χ1n) is 17.4. The number of alkyl halides is 2. The highest BCUT2D eigenvalue weighted by atomic mass is 35.5. The number of H-pyrrole nitrogens is 1. The van der Waals surface area contributed by atoms with Gasteiger partial charge < -0.3 is 45.6 Å². The third-order valence-corrected chi connectivity index (χ3v) is 8.87. The highest BCUT2D eigenvalue weighted by molar-refractivity contribution is 6.18. The molecule has 0 radical (unpaired) electrons. The minimum Gasteiger partial charge on any atom is -0.388 e. The monoisotopic (exact) mass is 836 g/mol. The molecule has 0 aliphatic carbocycles. The second kappa shape index (κ2) is 21.0. The lowest BCUT2D eigenvalue weighted by Crippen LogP contribution is -2.38. The van der Waals surface area contributed by atoms with Crippen LogP contribution in [0.15, 0.2) is 52.6 Å². The molecule has 4 amide bonds. The first kappa shape index (κ1) is 44.9. The lowest BCUT2D eigenvalue weighted by atomic mass is 10.2. The van der Waals surface area contributed by atoms with Crippen molar-refractivity contribution in [1.82, 2.24) is 28.6 Å². The van der Waals surface area contributed by atoms with E-state index in [1.165, 1.54) is 22.9 Å². The molecule has 4 rings (SSSR count). The van der Waals surface area contributed by atoms with E-state index < -0.39 is 23.1 Å². The Labute approximate surface area is 338 Å². The van der Waals surface area contributed by atoms with Crippen LogP contribution < -0.4 is 43.1 Å². The number of rotatable bonds is 20. The first-order chi connectivity index (χ1) is 26.2. The Balaban J connectivity index is 0.00000841. The molecule has 56 heavy (non-hydrogen) atoms. The fourth-order valence-corrected chi connectivity index (χ4v) is 6.19. The van der Waals surface area contributed by atoms with E-state index in [1.54, 1.807) is 64.4 Å². The Morgan fingerprint density at radius 2 is 1.25 bits per heavy atom. The van der Waals surface area contributed by atoms with E-state index in [0.29, 0.717) is 79.1 Å². The maximum atomic E-state index is 13.2. The van der Waals surface area contributed by atoms with Gasteiger partial charge in [0, 0.05) is 96.7 Å². The second-order valence-corrected chi connectivity index (χ2v) is 13.6. The van der Waals surface area contributed by atoms with Gasteiger partial charge in [0.2, 0.25) is 5.91 Å². The summed E-state index contributed by atoms with van der Waals surface area (Å²) in [6.45, 7) is 1.37. The van der Waals surface area contributed by atoms with E-state index in [0.717, 1.165) is 0 Å². The molecule has 0 atom stereocenters. The van der Waals surface area contributed by atoms with Gasteiger partial charge in [-0.2, -0.15) is 0 Å². The maximum absolute atomic E-state index is 13.2. The van der Waals surface area contributed by atoms with Gasteiger partial charge in [-0.1, -0.05) is 6.42 Å². The van der Waals surface area contributed by atoms with Crippen molar-refractivity contribution in [2.75, 3.05) is 52.2 Å². The largest absolute Gasteiger partial charge is 0.388 e. The molecule has 0 saturated carbocycles. The third-order valence-electron chi connectivity index (χ3n) is 8.54. The number of amides is 4. The zero-order chi connectivity index (χ0) is 40.2. The number of hydrogen-bond acceptors (Lipinski definition) is 8. The predicted octanol–water partition coefficient (Wildman–Crippen LogP) is 3.02. The predicted molar refractivity (Wildman–Crippen MR) is 220 cm³/mol. The van der Waals surface area contributed by atoms with Gasteiger partial charge in [0.1, 0.15) is 22.8 Å². The van der Waals surface area contributed by atoms with E-state index in [4.69, 9.17) is 34.3 Å². The third kappa shape index (κ3) is 12.3. The molecule has 4 aromatic rings. The summed E-state index contributed by atoms with van der Waals surface area (Å²) in [5.74, 6) is -0.997. The van der Waals surface area contributed by atoms with Gasteiger partial charge in [-0.3, -0.25) is 38.9 Å². The average Bonchev–Trinajstić information content (AvgIpc) is 3.79. The summed E-state index contributed by atoms with van der Waals surface area (Å²) in [7, 11) is 4.98. The molecule has 8 N–H and O–H groups in total. The lowest BCUT2D eigenvalue weighted by Gasteiger charge is -2.22. The lowest BCUT2D eigenvalue weighted by molar-refractivity contribution is -0.116. The quantitative estimate of drug-likeness (QED) is 0.0302. The number of amidine groups is 1. The minimum absolute atomic E-state index is 0. The fourth-order valence-electron chi connectivity index (χ4n) is 5.78. The van der Waals surface area contributed by atoms with Gasteiger partial charge in [-0.15, -0.1) is 35.6 Å². The van der Waals surface area contributed by atoms with Crippen LogP contribution in [-0.2, 0) is 32.5 Å². The Hall–Kier alpha value is -5.46. The molecule has 0 bridgehead atoms. The van der Waals surface area contributed by atoms with Gasteiger partial charge in [0.05, 0.1) is 22.9 Å². The van der Waals surface area contributed by atoms with Gasteiger partial charge in [0.15, 0.2) is 0 Å². The van der Waals surface area contributed by atoms with Crippen LogP contribution in [0.5, 0.6) is 0 Å². The summed E-state index contributed by atoms with van der Waals surface area (Å²) in [5, 5.41) is 18.3. The molecule has 4 heterocycles. The van der Waals surface area contributed by atoms with Crippen LogP contribution >= 0.6 is 35.6 Å². The van der Waals surface area contributed by atoms with Crippen LogP contribution in [0.1, 0.15) is 63.6 Å². The van der Waals surface area contributed by atoms with Crippen molar-refractivity contribution in [1.29, 1.82) is 5.41 Å². The molecule has 21 heteroatoms. The number of aryl methyl sites for hydroxylation is 4. The van der Waals surface area contributed by atoms with Gasteiger partial charge in [-0.05, 0) is 31.0 Å². The van der Waals surface area contributed by atoms with Crippen LogP contribution in [0.25, 0.3) is 0 Å². The molecule has 0 aliphatic heterocycles. The second-order valence-electron chi connectivity index (χ2n) is 12.8. The number of unbranched alkanes of at least 4 members (excludes halogenated alkanes) is 2. The normalized spacial score (nSPS) is 10.7. The maximum Gasteiger partial charge on any atom is 0.328 e. The molecule has 0 spiro atoms. The number of halogens is 3. The van der Waals surface area contributed by atoms with E-state index >= 15 is 0 Å². The number of nitrogens with one attached hydrogen (secondary N) is 6. The molecule has 4 aromatic heterocycles. The van der Waals surface area contributed by atoms with Gasteiger partial charge in [0.25, 0.3) is 23.3 Å². The Morgan fingerprint density at radius 3 is 1.75 bits per heavy atom. The summed E-state index contributed by atoms with van der Waals surface area (Å²) < 4.78 is 6.12. The van der Waals surface area contributed by atoms with Crippen molar-refractivity contribution in [2.24, 2.45) is 26.9 Å². The summed E-state index contributed by atoms with van der Waals surface area (Å²) in [5.41, 5.74) is 6.64. The standard InChI is InChI=1S/C35H46Cl2N12O6.ClH/c1-45-19-23(16-25(45)31(51)40-11-8-29(38)39)42-33(53)27-17-24(20-47(27)3)43-32(52)26-15-22(18-46(26)2)41-30(50)7-5-4-6-12-49-21-28(34(54)44-35(49)55)48(13-9-36)14-10-37;/h15-21H,4-14H2,1-3H3,(H3,38,39)(H,40,51)(H,41,50)(H,42,53)(H,43,52)(H,44,54,55);1H. The van der Waals surface area contributed by atoms with E-state index in [-0.39, 0.29) is 60.8 Å². The molecule has 0 fully saturated rings. The molecule has 18 nitrogen and oxygen atoms in total. The molecule has 0 aromatic carbocycles. The molecule has 0 unspecified atom stereocenters. The molecular weight excluding hydrogens is 791 g/mol. The highest BCUT2D eigenvalue weighted by Gasteiger charge is 2.19. The van der Waals surface area contributed by atoms with Crippen LogP contribution in [0.2, 0.25) is 0 Å². The van der Waals surface area contributed by atoms with Crippen molar-refractivity contribution < 1.29 is 19.2 Å². The van der Waals surface area contributed by atoms with E-state index in [2.05, 4.69) is 26.3 Å². The van der Waals surface area contributed by atoms with E-state index in [9.17, 15) is 28.8 Å². The number of aromatic nitrogens is 5. The average molecular weight is 838 g/mol. The number of carbonyl (C=O) groups is 4. The SMILES string of the molecule is Cl.Cn1cc(NC(=O)c2cc(NC(=O)c3cc(NC(=O)CCCCCn4cc(N(CCCl)CCCl)c(=O)[nH]c4=O)cn3C)cn2C)cc1C(=O)NCCC(=N)N. The molecular formula is C35H47Cl3N12O6. The topological polar surface area (TPSA) is 239 Å². The van der Waals surface area contributed by atoms with Crippen molar-refractivity contribution in [2.45, 2.75) is 38.6 Å². The summed E-state index contributed by atoms with van der Waals surface area (Å²) in [4.78, 5) is 80.3. The molecule has 0 aliphatic rings. The minimum atomic E-state index is -0.518. The van der Waals surface area contributed by atoms with Gasteiger partial charge in [-0.25, -0.2) is 4.79 Å². The molecule has 304 valence electrons. The van der Waals surface area contributed by atoms with Crippen LogP contribution in [0.4, 0.5) is 22.7 Å². The first-order valence-corrected chi connectivity index (χ1v) is 18.5. The number of hydrogen-bond donors (Lipinski definition) is 7. The van der Waals surface area contributed by atoms with Crippen molar-refractivity contribution in [3.63, 3.8) is 0 Å². The Morgan fingerprint density at radius 1 is 0.750 bits per heavy atom. The number of aromatic amines is 1. The van der Waals surface area contributed by atoms with Crippen molar-refractivity contribution in [3.05, 3.63) is 80.9 Å². The summed E-state index contributed by atoms with van der Waals surface area (Å²) in [6.07, 6.45) is 8.53. The number of carbonyl (C=O) groups excluding carboxylic acids is 4. The van der Waals surface area contributed by atoms with E-state index in [1.807, 2.05) is 0 Å².